The zero-order chi connectivity index (χ0) is 19.8. The van der Waals surface area contributed by atoms with Gasteiger partial charge in [-0.3, -0.25) is 14.5 Å². The third-order valence-electron chi connectivity index (χ3n) is 6.64. The number of anilines is 1. The van der Waals surface area contributed by atoms with Crippen LogP contribution in [0.25, 0.3) is 11.0 Å². The van der Waals surface area contributed by atoms with E-state index in [9.17, 15) is 9.59 Å². The quantitative estimate of drug-likeness (QED) is 0.824. The van der Waals surface area contributed by atoms with Crippen molar-refractivity contribution in [3.8, 4) is 0 Å². The van der Waals surface area contributed by atoms with Gasteiger partial charge in [0.1, 0.15) is 23.8 Å². The van der Waals surface area contributed by atoms with Crippen LogP contribution in [0.2, 0.25) is 0 Å². The second-order valence-electron chi connectivity index (χ2n) is 8.46. The van der Waals surface area contributed by atoms with Crippen LogP contribution < -0.4 is 10.2 Å². The van der Waals surface area contributed by atoms with Crippen LogP contribution in [-0.2, 0) is 9.59 Å². The molecule has 2 saturated heterocycles. The van der Waals surface area contributed by atoms with E-state index >= 15 is 0 Å². The van der Waals surface area contributed by atoms with Crippen molar-refractivity contribution in [3.05, 3.63) is 18.6 Å². The summed E-state index contributed by atoms with van der Waals surface area (Å²) < 4.78 is 0. The first-order valence-electron chi connectivity index (χ1n) is 10.9. The van der Waals surface area contributed by atoms with Gasteiger partial charge in [-0.1, -0.05) is 12.8 Å². The Labute approximate surface area is 170 Å². The monoisotopic (exact) mass is 396 g/mol. The molecule has 0 bridgehead atoms. The third kappa shape index (κ3) is 3.39. The topological polar surface area (TPSA) is 94.2 Å². The van der Waals surface area contributed by atoms with Gasteiger partial charge in [0.25, 0.3) is 5.91 Å². The molecule has 2 amide bonds. The van der Waals surface area contributed by atoms with Crippen molar-refractivity contribution in [2.75, 3.05) is 18.0 Å². The molecular weight excluding hydrogens is 368 g/mol. The fourth-order valence-corrected chi connectivity index (χ4v) is 5.17. The summed E-state index contributed by atoms with van der Waals surface area (Å²) in [4.78, 5) is 41.9. The van der Waals surface area contributed by atoms with Crippen molar-refractivity contribution < 1.29 is 9.59 Å². The second-order valence-corrected chi connectivity index (χ2v) is 8.46. The number of rotatable bonds is 4. The summed E-state index contributed by atoms with van der Waals surface area (Å²) in [6.45, 7) is 1.29. The molecule has 5 rings (SSSR count). The Bertz CT molecular complexity index is 905. The van der Waals surface area contributed by atoms with Gasteiger partial charge >= 0.3 is 0 Å². The average molecular weight is 396 g/mol. The van der Waals surface area contributed by atoms with Crippen LogP contribution >= 0.6 is 0 Å². The van der Waals surface area contributed by atoms with Crippen LogP contribution in [-0.4, -0.2) is 62.9 Å². The highest BCUT2D eigenvalue weighted by Gasteiger charge is 2.41. The lowest BCUT2D eigenvalue weighted by atomic mass is 9.96. The predicted molar refractivity (Wildman–Crippen MR) is 109 cm³/mol. The van der Waals surface area contributed by atoms with Crippen LogP contribution in [0.4, 0.5) is 5.82 Å². The maximum atomic E-state index is 13.4. The molecule has 2 aromatic rings. The molecule has 1 unspecified atom stereocenters. The molecule has 8 heteroatoms. The van der Waals surface area contributed by atoms with Crippen LogP contribution in [0, 0.1) is 0 Å². The number of carbonyl (C=O) groups excluding carboxylic acids is 2. The number of aromatic amines is 1. The van der Waals surface area contributed by atoms with Gasteiger partial charge in [0, 0.05) is 25.3 Å². The molecule has 4 heterocycles. The lowest BCUT2D eigenvalue weighted by molar-refractivity contribution is -0.144. The first kappa shape index (κ1) is 18.5. The molecule has 8 nitrogen and oxygen atoms in total. The lowest BCUT2D eigenvalue weighted by Crippen LogP contribution is -2.61. The summed E-state index contributed by atoms with van der Waals surface area (Å²) in [6.07, 6.45) is 11.5. The Hall–Kier alpha value is -2.48. The zero-order valence-corrected chi connectivity index (χ0v) is 16.6. The summed E-state index contributed by atoms with van der Waals surface area (Å²) in [5, 5.41) is 4.41. The predicted octanol–water partition coefficient (Wildman–Crippen LogP) is 1.98. The smallest absolute Gasteiger partial charge is 0.250 e. The van der Waals surface area contributed by atoms with Gasteiger partial charge in [-0.05, 0) is 44.6 Å². The van der Waals surface area contributed by atoms with Gasteiger partial charge in [0.05, 0.1) is 11.4 Å². The first-order valence-corrected chi connectivity index (χ1v) is 10.9. The number of nitrogens with zero attached hydrogens (tertiary/aromatic N) is 4. The van der Waals surface area contributed by atoms with Gasteiger partial charge in [0.15, 0.2) is 0 Å². The Morgan fingerprint density at radius 2 is 1.79 bits per heavy atom. The Morgan fingerprint density at radius 1 is 0.966 bits per heavy atom. The molecule has 0 aromatic carbocycles. The van der Waals surface area contributed by atoms with E-state index in [-0.39, 0.29) is 17.9 Å². The van der Waals surface area contributed by atoms with Crippen LogP contribution in [0.3, 0.4) is 0 Å². The fraction of sp³-hybridized carbons (Fsp3) is 0.619. The number of piperidine rings is 2. The van der Waals surface area contributed by atoms with Crippen molar-refractivity contribution in [2.45, 2.75) is 69.5 Å². The second kappa shape index (κ2) is 7.74. The Balaban J connectivity index is 1.35. The minimum Gasteiger partial charge on any atom is -0.346 e. The van der Waals surface area contributed by atoms with E-state index in [4.69, 9.17) is 0 Å². The first-order chi connectivity index (χ1) is 14.2. The number of H-pyrrole nitrogens is 1. The molecule has 1 saturated carbocycles. The number of nitrogens with one attached hydrogen (secondary N) is 2. The van der Waals surface area contributed by atoms with Crippen LogP contribution in [0.1, 0.15) is 51.4 Å². The summed E-state index contributed by atoms with van der Waals surface area (Å²) >= 11 is 0. The standard InChI is InChI=1S/C21H28N6O2/c28-20-16(25-14-5-1-2-6-14)7-3-11-26(20)17-8-4-12-27(21(17)29)19-15-9-10-22-18(15)23-13-24-19/h9-10,13-14,16-17,25H,1-8,11-12H2,(H,22,23,24)/t16?,17-/m1/s1. The van der Waals surface area contributed by atoms with E-state index in [1.54, 1.807) is 4.90 Å². The molecule has 0 radical (unpaired) electrons. The Kier molecular flexibility index (Phi) is 4.95. The summed E-state index contributed by atoms with van der Waals surface area (Å²) in [6, 6.07) is 1.80. The van der Waals surface area contributed by atoms with Crippen LogP contribution in [0.5, 0.6) is 0 Å². The number of hydrogen-bond donors (Lipinski definition) is 2. The minimum absolute atomic E-state index is 0.0210. The molecule has 154 valence electrons. The fourth-order valence-electron chi connectivity index (χ4n) is 5.17. The van der Waals surface area contributed by atoms with Crippen LogP contribution in [0.15, 0.2) is 18.6 Å². The summed E-state index contributed by atoms with van der Waals surface area (Å²) in [5.41, 5.74) is 0.722. The molecule has 3 aliphatic rings. The number of likely N-dealkylation sites (tertiary alicyclic amines) is 1. The van der Waals surface area contributed by atoms with E-state index in [1.165, 1.54) is 19.2 Å². The molecule has 2 N–H and O–H groups in total. The third-order valence-corrected chi connectivity index (χ3v) is 6.64. The van der Waals surface area contributed by atoms with Crippen molar-refractivity contribution in [1.29, 1.82) is 0 Å². The summed E-state index contributed by atoms with van der Waals surface area (Å²) in [5.74, 6) is 0.709. The van der Waals surface area contributed by atoms with Gasteiger partial charge < -0.3 is 15.2 Å². The molecule has 2 aromatic heterocycles. The lowest BCUT2D eigenvalue weighted by Gasteiger charge is -2.42. The highest BCUT2D eigenvalue weighted by molar-refractivity contribution is 6.04. The highest BCUT2D eigenvalue weighted by atomic mass is 16.2. The molecule has 0 spiro atoms. The molecular formula is C21H28N6O2. The normalized spacial score (nSPS) is 26.6. The van der Waals surface area contributed by atoms with E-state index in [2.05, 4.69) is 20.3 Å². The largest absolute Gasteiger partial charge is 0.346 e. The maximum absolute atomic E-state index is 13.4. The van der Waals surface area contributed by atoms with Crippen molar-refractivity contribution in [2.24, 2.45) is 0 Å². The van der Waals surface area contributed by atoms with Crippen molar-refractivity contribution in [3.63, 3.8) is 0 Å². The summed E-state index contributed by atoms with van der Waals surface area (Å²) in [7, 11) is 0. The average Bonchev–Trinajstić information content (AvgIpc) is 3.42. The Morgan fingerprint density at radius 3 is 2.66 bits per heavy atom. The van der Waals surface area contributed by atoms with Crippen molar-refractivity contribution >= 4 is 28.7 Å². The van der Waals surface area contributed by atoms with Gasteiger partial charge in [0.2, 0.25) is 5.91 Å². The molecule has 1 aliphatic carbocycles. The molecule has 2 atom stereocenters. The maximum Gasteiger partial charge on any atom is 0.250 e. The molecule has 29 heavy (non-hydrogen) atoms. The minimum atomic E-state index is -0.395. The van der Waals surface area contributed by atoms with E-state index in [1.807, 2.05) is 17.2 Å². The molecule has 2 aliphatic heterocycles. The SMILES string of the molecule is O=C1[C@H](N2CCCC(NC3CCCC3)C2=O)CCCN1c1ncnc2[nH]ccc12. The van der Waals surface area contributed by atoms with E-state index in [0.717, 1.165) is 49.6 Å². The van der Waals surface area contributed by atoms with Gasteiger partial charge in [-0.2, -0.15) is 0 Å². The number of amides is 2. The number of carbonyl (C=O) groups is 2. The van der Waals surface area contributed by atoms with Gasteiger partial charge in [-0.15, -0.1) is 0 Å². The number of hydrogen-bond acceptors (Lipinski definition) is 5. The van der Waals surface area contributed by atoms with E-state index < -0.39 is 6.04 Å². The number of aromatic nitrogens is 3. The highest BCUT2D eigenvalue weighted by Crippen LogP contribution is 2.29. The van der Waals surface area contributed by atoms with Gasteiger partial charge in [-0.25, -0.2) is 9.97 Å². The molecule has 3 fully saturated rings. The van der Waals surface area contributed by atoms with Crippen molar-refractivity contribution in [1.82, 2.24) is 25.2 Å². The zero-order valence-electron chi connectivity index (χ0n) is 16.6. The van der Waals surface area contributed by atoms with E-state index in [0.29, 0.717) is 24.9 Å². The number of fused-ring (bicyclic) bond motifs is 1.